The first kappa shape index (κ1) is 10.7. The SMILES string of the molecule is CC(C)OC(=O)N(C)CC(=O)O. The highest BCUT2D eigenvalue weighted by atomic mass is 16.6. The van der Waals surface area contributed by atoms with Gasteiger partial charge in [0.05, 0.1) is 6.10 Å². The van der Waals surface area contributed by atoms with Crippen molar-refractivity contribution >= 4 is 12.1 Å². The summed E-state index contributed by atoms with van der Waals surface area (Å²) in [7, 11) is 1.37. The lowest BCUT2D eigenvalue weighted by molar-refractivity contribution is -0.137. The van der Waals surface area contributed by atoms with Gasteiger partial charge in [0, 0.05) is 7.05 Å². The molecule has 0 saturated carbocycles. The normalized spacial score (nSPS) is 9.67. The molecule has 0 spiro atoms. The van der Waals surface area contributed by atoms with Crippen molar-refractivity contribution in [3.8, 4) is 0 Å². The van der Waals surface area contributed by atoms with E-state index in [1.807, 2.05) is 0 Å². The molecule has 0 atom stereocenters. The van der Waals surface area contributed by atoms with Crippen LogP contribution in [0.2, 0.25) is 0 Å². The van der Waals surface area contributed by atoms with Crippen LogP contribution in [0.5, 0.6) is 0 Å². The predicted octanol–water partition coefficient (Wildman–Crippen LogP) is 0.548. The summed E-state index contributed by atoms with van der Waals surface area (Å²) in [6.45, 7) is 3.06. The molecule has 5 heteroatoms. The third-order valence-electron chi connectivity index (χ3n) is 1.02. The molecule has 70 valence electrons. The van der Waals surface area contributed by atoms with Crippen LogP contribution in [0.25, 0.3) is 0 Å². The maximum atomic E-state index is 10.9. The Labute approximate surface area is 70.9 Å². The molecule has 12 heavy (non-hydrogen) atoms. The van der Waals surface area contributed by atoms with Crippen molar-refractivity contribution in [3.63, 3.8) is 0 Å². The Morgan fingerprint density at radius 1 is 1.50 bits per heavy atom. The van der Waals surface area contributed by atoms with Crippen molar-refractivity contribution in [2.24, 2.45) is 0 Å². The molecule has 0 heterocycles. The third-order valence-corrected chi connectivity index (χ3v) is 1.02. The van der Waals surface area contributed by atoms with E-state index in [0.29, 0.717) is 0 Å². The van der Waals surface area contributed by atoms with Gasteiger partial charge >= 0.3 is 12.1 Å². The van der Waals surface area contributed by atoms with Gasteiger partial charge in [-0.15, -0.1) is 0 Å². The van der Waals surface area contributed by atoms with Crippen LogP contribution in [-0.4, -0.2) is 41.8 Å². The molecule has 0 aliphatic heterocycles. The van der Waals surface area contributed by atoms with E-state index in [1.54, 1.807) is 13.8 Å². The molecule has 1 N–H and O–H groups in total. The first-order chi connectivity index (χ1) is 5.43. The maximum absolute atomic E-state index is 10.9. The Bertz CT molecular complexity index is 178. The fraction of sp³-hybridized carbons (Fsp3) is 0.714. The fourth-order valence-electron chi connectivity index (χ4n) is 0.559. The van der Waals surface area contributed by atoms with Crippen LogP contribution < -0.4 is 0 Å². The summed E-state index contributed by atoms with van der Waals surface area (Å²) < 4.78 is 4.74. The average molecular weight is 175 g/mol. The molecule has 0 unspecified atom stereocenters. The van der Waals surface area contributed by atoms with Crippen LogP contribution in [0.15, 0.2) is 0 Å². The van der Waals surface area contributed by atoms with E-state index in [0.717, 1.165) is 4.90 Å². The van der Waals surface area contributed by atoms with Crippen LogP contribution in [0.4, 0.5) is 4.79 Å². The largest absolute Gasteiger partial charge is 0.480 e. The van der Waals surface area contributed by atoms with Gasteiger partial charge in [-0.3, -0.25) is 4.79 Å². The smallest absolute Gasteiger partial charge is 0.410 e. The lowest BCUT2D eigenvalue weighted by atomic mass is 10.5. The van der Waals surface area contributed by atoms with Gasteiger partial charge in [-0.05, 0) is 13.8 Å². The van der Waals surface area contributed by atoms with Crippen LogP contribution in [-0.2, 0) is 9.53 Å². The average Bonchev–Trinajstić information content (AvgIpc) is 1.84. The number of carbonyl (C=O) groups is 2. The van der Waals surface area contributed by atoms with Crippen molar-refractivity contribution in [2.45, 2.75) is 20.0 Å². The van der Waals surface area contributed by atoms with E-state index in [1.165, 1.54) is 7.05 Å². The van der Waals surface area contributed by atoms with E-state index in [9.17, 15) is 9.59 Å². The van der Waals surface area contributed by atoms with E-state index < -0.39 is 12.1 Å². The minimum Gasteiger partial charge on any atom is -0.480 e. The number of likely N-dealkylation sites (N-methyl/N-ethyl adjacent to an activating group) is 1. The van der Waals surface area contributed by atoms with Crippen LogP contribution in [0.1, 0.15) is 13.8 Å². The molecule has 0 aliphatic rings. The molecule has 5 nitrogen and oxygen atoms in total. The van der Waals surface area contributed by atoms with Gasteiger partial charge in [0.2, 0.25) is 0 Å². The second kappa shape index (κ2) is 4.58. The van der Waals surface area contributed by atoms with E-state index >= 15 is 0 Å². The Morgan fingerprint density at radius 2 is 2.00 bits per heavy atom. The quantitative estimate of drug-likeness (QED) is 0.680. The van der Waals surface area contributed by atoms with Gasteiger partial charge in [0.1, 0.15) is 6.54 Å². The van der Waals surface area contributed by atoms with Crippen LogP contribution >= 0.6 is 0 Å². The number of amides is 1. The summed E-state index contributed by atoms with van der Waals surface area (Å²) in [6.07, 6.45) is -0.846. The summed E-state index contributed by atoms with van der Waals surface area (Å²) >= 11 is 0. The number of rotatable bonds is 3. The zero-order chi connectivity index (χ0) is 9.72. The Kier molecular flexibility index (Phi) is 4.10. The highest BCUT2D eigenvalue weighted by Crippen LogP contribution is 1.94. The number of carboxylic acids is 1. The van der Waals surface area contributed by atoms with E-state index in [4.69, 9.17) is 9.84 Å². The molecule has 0 aromatic heterocycles. The molecule has 0 radical (unpaired) electrons. The first-order valence-corrected chi connectivity index (χ1v) is 3.57. The summed E-state index contributed by atoms with van der Waals surface area (Å²) in [5, 5.41) is 8.32. The molecule has 0 saturated heterocycles. The van der Waals surface area contributed by atoms with Gasteiger partial charge in [-0.25, -0.2) is 4.79 Å². The Morgan fingerprint density at radius 3 is 2.33 bits per heavy atom. The minimum absolute atomic E-state index is 0.228. The number of hydrogen-bond acceptors (Lipinski definition) is 3. The maximum Gasteiger partial charge on any atom is 0.410 e. The van der Waals surface area contributed by atoms with Crippen molar-refractivity contribution in [1.29, 1.82) is 0 Å². The molecular formula is C7H13NO4. The highest BCUT2D eigenvalue weighted by molar-refractivity contribution is 5.76. The summed E-state index contributed by atoms with van der Waals surface area (Å²) in [6, 6.07) is 0. The summed E-state index contributed by atoms with van der Waals surface area (Å²) in [5.74, 6) is -1.06. The van der Waals surface area contributed by atoms with E-state index in [-0.39, 0.29) is 12.6 Å². The number of hydrogen-bond donors (Lipinski definition) is 1. The zero-order valence-electron chi connectivity index (χ0n) is 7.40. The van der Waals surface area contributed by atoms with Gasteiger partial charge < -0.3 is 14.7 Å². The number of nitrogens with zero attached hydrogens (tertiary/aromatic N) is 1. The lowest BCUT2D eigenvalue weighted by Crippen LogP contribution is -2.33. The van der Waals surface area contributed by atoms with Gasteiger partial charge in [-0.1, -0.05) is 0 Å². The zero-order valence-corrected chi connectivity index (χ0v) is 7.40. The summed E-state index contributed by atoms with van der Waals surface area (Å²) in [4.78, 5) is 22.1. The van der Waals surface area contributed by atoms with Crippen molar-refractivity contribution < 1.29 is 19.4 Å². The molecule has 0 aromatic carbocycles. The molecule has 0 bridgehead atoms. The number of carboxylic acid groups (broad SMARTS) is 1. The van der Waals surface area contributed by atoms with Crippen molar-refractivity contribution in [3.05, 3.63) is 0 Å². The second-order valence-corrected chi connectivity index (χ2v) is 2.68. The molecule has 0 aromatic rings. The van der Waals surface area contributed by atoms with Gasteiger partial charge in [0.15, 0.2) is 0 Å². The van der Waals surface area contributed by atoms with E-state index in [2.05, 4.69) is 0 Å². The molecular weight excluding hydrogens is 162 g/mol. The first-order valence-electron chi connectivity index (χ1n) is 3.57. The van der Waals surface area contributed by atoms with Crippen molar-refractivity contribution in [1.82, 2.24) is 4.90 Å². The minimum atomic E-state index is -1.06. The molecule has 0 aliphatic carbocycles. The second-order valence-electron chi connectivity index (χ2n) is 2.68. The number of carbonyl (C=O) groups excluding carboxylic acids is 1. The van der Waals surface area contributed by atoms with Gasteiger partial charge in [-0.2, -0.15) is 0 Å². The van der Waals surface area contributed by atoms with Crippen LogP contribution in [0, 0.1) is 0 Å². The van der Waals surface area contributed by atoms with Crippen LogP contribution in [0.3, 0.4) is 0 Å². The monoisotopic (exact) mass is 175 g/mol. The summed E-state index contributed by atoms with van der Waals surface area (Å²) in [5.41, 5.74) is 0. The Balaban J connectivity index is 3.85. The van der Waals surface area contributed by atoms with Crippen molar-refractivity contribution in [2.75, 3.05) is 13.6 Å². The highest BCUT2D eigenvalue weighted by Gasteiger charge is 2.13. The molecule has 0 fully saturated rings. The molecule has 1 amide bonds. The van der Waals surface area contributed by atoms with Gasteiger partial charge in [0.25, 0.3) is 0 Å². The Hall–Kier alpha value is -1.26. The fourth-order valence-corrected chi connectivity index (χ4v) is 0.559. The topological polar surface area (TPSA) is 66.8 Å². The third kappa shape index (κ3) is 4.54. The standard InChI is InChI=1S/C7H13NO4/c1-5(2)12-7(11)8(3)4-6(9)10/h5H,4H2,1-3H3,(H,9,10). The predicted molar refractivity (Wildman–Crippen MR) is 41.9 cm³/mol. The number of aliphatic carboxylic acids is 1. The lowest BCUT2D eigenvalue weighted by Gasteiger charge is -2.16. The molecule has 0 rings (SSSR count). The number of ether oxygens (including phenoxy) is 1.